The lowest BCUT2D eigenvalue weighted by molar-refractivity contribution is 0.601. The molecule has 2 aromatic rings. The van der Waals surface area contributed by atoms with Gasteiger partial charge in [-0.3, -0.25) is 4.72 Å². The van der Waals surface area contributed by atoms with E-state index in [1.165, 1.54) is 24.3 Å². The fourth-order valence-corrected chi connectivity index (χ4v) is 3.16. The smallest absolute Gasteiger partial charge is 0.262 e. The number of nitrogens with two attached hydrogens (primary N) is 1. The van der Waals surface area contributed by atoms with Crippen LogP contribution >= 0.6 is 12.2 Å². The highest BCUT2D eigenvalue weighted by atomic mass is 32.2. The molecule has 0 atom stereocenters. The molecule has 3 N–H and O–H groups in total. The summed E-state index contributed by atoms with van der Waals surface area (Å²) in [4.78, 5) is -0.0260. The third-order valence-electron chi connectivity index (χ3n) is 2.54. The molecule has 0 amide bonds. The molecule has 0 radical (unpaired) electrons. The Kier molecular flexibility index (Phi) is 4.01. The van der Waals surface area contributed by atoms with Gasteiger partial charge in [0.25, 0.3) is 10.0 Å². The number of anilines is 1. The average Bonchev–Trinajstić information content (AvgIpc) is 2.41. The first-order chi connectivity index (χ1) is 9.40. The maximum Gasteiger partial charge on any atom is 0.262 e. The standard InChI is InChI=1S/C13H11FN2O2S2/c14-9-5-7-10(8-6-9)16-20(17,18)12-4-2-1-3-11(12)13(15)19/h1-8,16H,(H2,15,19). The normalized spacial score (nSPS) is 11.1. The molecule has 0 bridgehead atoms. The van der Waals surface area contributed by atoms with Crippen LogP contribution in [0.15, 0.2) is 53.4 Å². The number of hydrogen-bond acceptors (Lipinski definition) is 3. The van der Waals surface area contributed by atoms with Crippen molar-refractivity contribution in [3.63, 3.8) is 0 Å². The number of halogens is 1. The van der Waals surface area contributed by atoms with Crippen molar-refractivity contribution in [2.24, 2.45) is 5.73 Å². The van der Waals surface area contributed by atoms with Crippen LogP contribution in [0.1, 0.15) is 5.56 Å². The number of sulfonamides is 1. The molecule has 0 unspecified atom stereocenters. The highest BCUT2D eigenvalue weighted by molar-refractivity contribution is 7.93. The third-order valence-corrected chi connectivity index (χ3v) is 4.20. The monoisotopic (exact) mass is 310 g/mol. The van der Waals surface area contributed by atoms with Crippen LogP contribution in [0, 0.1) is 5.82 Å². The second-order valence-corrected chi connectivity index (χ2v) is 6.06. The van der Waals surface area contributed by atoms with Gasteiger partial charge in [-0.05, 0) is 30.3 Å². The van der Waals surface area contributed by atoms with Crippen molar-refractivity contribution in [3.05, 3.63) is 59.9 Å². The lowest BCUT2D eigenvalue weighted by Crippen LogP contribution is -2.19. The zero-order valence-electron chi connectivity index (χ0n) is 10.2. The van der Waals surface area contributed by atoms with E-state index in [1.807, 2.05) is 0 Å². The Bertz CT molecular complexity index is 743. The second-order valence-electron chi connectivity index (χ2n) is 3.97. The molecule has 2 aromatic carbocycles. The minimum Gasteiger partial charge on any atom is -0.389 e. The summed E-state index contributed by atoms with van der Waals surface area (Å²) >= 11 is 4.84. The van der Waals surface area contributed by atoms with Gasteiger partial charge in [-0.25, -0.2) is 12.8 Å². The Balaban J connectivity index is 2.41. The van der Waals surface area contributed by atoms with E-state index in [9.17, 15) is 12.8 Å². The highest BCUT2D eigenvalue weighted by Gasteiger charge is 2.19. The molecular weight excluding hydrogens is 299 g/mol. The molecule has 0 aliphatic carbocycles. The summed E-state index contributed by atoms with van der Waals surface area (Å²) in [6, 6.07) is 11.1. The van der Waals surface area contributed by atoms with Gasteiger partial charge >= 0.3 is 0 Å². The molecule has 7 heteroatoms. The second kappa shape index (κ2) is 5.56. The lowest BCUT2D eigenvalue weighted by atomic mass is 10.2. The van der Waals surface area contributed by atoms with Gasteiger partial charge in [0.15, 0.2) is 0 Å². The summed E-state index contributed by atoms with van der Waals surface area (Å²) in [5.74, 6) is -0.448. The van der Waals surface area contributed by atoms with E-state index in [1.54, 1.807) is 12.1 Å². The minimum atomic E-state index is -3.84. The quantitative estimate of drug-likeness (QED) is 0.850. The highest BCUT2D eigenvalue weighted by Crippen LogP contribution is 2.19. The molecule has 20 heavy (non-hydrogen) atoms. The molecule has 104 valence electrons. The van der Waals surface area contributed by atoms with Crippen molar-refractivity contribution in [2.45, 2.75) is 4.90 Å². The Morgan fingerprint density at radius 2 is 1.70 bits per heavy atom. The van der Waals surface area contributed by atoms with E-state index >= 15 is 0 Å². The first kappa shape index (κ1) is 14.4. The molecule has 0 aromatic heterocycles. The van der Waals surface area contributed by atoms with Crippen LogP contribution in [0.25, 0.3) is 0 Å². The largest absolute Gasteiger partial charge is 0.389 e. The zero-order chi connectivity index (χ0) is 14.8. The van der Waals surface area contributed by atoms with Gasteiger partial charge in [0.2, 0.25) is 0 Å². The number of benzene rings is 2. The molecule has 0 heterocycles. The van der Waals surface area contributed by atoms with Gasteiger partial charge in [0, 0.05) is 11.3 Å². The third kappa shape index (κ3) is 3.12. The Morgan fingerprint density at radius 1 is 1.10 bits per heavy atom. The Hall–Kier alpha value is -1.99. The van der Waals surface area contributed by atoms with Crippen LogP contribution in [0.5, 0.6) is 0 Å². The maximum absolute atomic E-state index is 12.8. The zero-order valence-corrected chi connectivity index (χ0v) is 11.8. The van der Waals surface area contributed by atoms with Crippen LogP contribution in [-0.4, -0.2) is 13.4 Å². The van der Waals surface area contributed by atoms with Crippen LogP contribution < -0.4 is 10.5 Å². The van der Waals surface area contributed by atoms with Crippen molar-refractivity contribution < 1.29 is 12.8 Å². The van der Waals surface area contributed by atoms with Crippen LogP contribution in [0.2, 0.25) is 0 Å². The van der Waals surface area contributed by atoms with Crippen molar-refractivity contribution in [3.8, 4) is 0 Å². The topological polar surface area (TPSA) is 72.2 Å². The molecule has 0 saturated carbocycles. The van der Waals surface area contributed by atoms with Gasteiger partial charge in [0.1, 0.15) is 10.8 Å². The number of thiocarbonyl (C=S) groups is 1. The predicted molar refractivity (Wildman–Crippen MR) is 79.5 cm³/mol. The van der Waals surface area contributed by atoms with Gasteiger partial charge in [-0.1, -0.05) is 30.4 Å². The number of rotatable bonds is 4. The Labute approximate surface area is 121 Å². The molecule has 0 aliphatic heterocycles. The summed E-state index contributed by atoms with van der Waals surface area (Å²) in [7, 11) is -3.84. The minimum absolute atomic E-state index is 0.00918. The van der Waals surface area contributed by atoms with Crippen LogP contribution in [0.4, 0.5) is 10.1 Å². The first-order valence-corrected chi connectivity index (χ1v) is 7.46. The van der Waals surface area contributed by atoms with E-state index in [0.717, 1.165) is 12.1 Å². The first-order valence-electron chi connectivity index (χ1n) is 5.57. The van der Waals surface area contributed by atoms with Gasteiger partial charge in [0.05, 0.1) is 4.90 Å². The van der Waals surface area contributed by atoms with E-state index in [4.69, 9.17) is 18.0 Å². The molecule has 2 rings (SSSR count). The molecule has 4 nitrogen and oxygen atoms in total. The summed E-state index contributed by atoms with van der Waals surface area (Å²) < 4.78 is 39.7. The SMILES string of the molecule is NC(=S)c1ccccc1S(=O)(=O)Nc1ccc(F)cc1. The Morgan fingerprint density at radius 3 is 2.30 bits per heavy atom. The van der Waals surface area contributed by atoms with E-state index in [-0.39, 0.29) is 21.1 Å². The number of hydrogen-bond donors (Lipinski definition) is 2. The summed E-state index contributed by atoms with van der Waals surface area (Å²) in [6.07, 6.45) is 0. The van der Waals surface area contributed by atoms with Crippen LogP contribution in [-0.2, 0) is 10.0 Å². The molecule has 0 saturated heterocycles. The number of nitrogens with one attached hydrogen (secondary N) is 1. The summed E-state index contributed by atoms with van der Waals surface area (Å²) in [5, 5.41) is 0. The molecule has 0 spiro atoms. The van der Waals surface area contributed by atoms with Gasteiger partial charge < -0.3 is 5.73 Å². The molecular formula is C13H11FN2O2S2. The summed E-state index contributed by atoms with van der Waals surface area (Å²) in [6.45, 7) is 0. The predicted octanol–water partition coefficient (Wildman–Crippen LogP) is 2.26. The van der Waals surface area contributed by atoms with Crippen molar-refractivity contribution in [1.29, 1.82) is 0 Å². The average molecular weight is 310 g/mol. The fourth-order valence-electron chi connectivity index (χ4n) is 1.63. The van der Waals surface area contributed by atoms with Crippen LogP contribution in [0.3, 0.4) is 0 Å². The van der Waals surface area contributed by atoms with E-state index in [0.29, 0.717) is 0 Å². The maximum atomic E-state index is 12.8. The molecule has 0 aliphatic rings. The van der Waals surface area contributed by atoms with Crippen molar-refractivity contribution >= 4 is 32.9 Å². The fraction of sp³-hybridized carbons (Fsp3) is 0. The van der Waals surface area contributed by atoms with Crippen molar-refractivity contribution in [1.82, 2.24) is 0 Å². The van der Waals surface area contributed by atoms with E-state index < -0.39 is 15.8 Å². The van der Waals surface area contributed by atoms with Gasteiger partial charge in [-0.2, -0.15) is 0 Å². The molecule has 0 fully saturated rings. The summed E-state index contributed by atoms with van der Waals surface area (Å²) in [5.41, 5.74) is 6.03. The lowest BCUT2D eigenvalue weighted by Gasteiger charge is -2.11. The van der Waals surface area contributed by atoms with Crippen molar-refractivity contribution in [2.75, 3.05) is 4.72 Å². The van der Waals surface area contributed by atoms with E-state index in [2.05, 4.69) is 4.72 Å². The van der Waals surface area contributed by atoms with Gasteiger partial charge in [-0.15, -0.1) is 0 Å².